The van der Waals surface area contributed by atoms with Crippen molar-refractivity contribution in [2.75, 3.05) is 6.61 Å². The van der Waals surface area contributed by atoms with Crippen LogP contribution >= 0.6 is 0 Å². The van der Waals surface area contributed by atoms with E-state index in [1.165, 1.54) is 19.3 Å². The Morgan fingerprint density at radius 3 is 2.65 bits per heavy atom. The van der Waals surface area contributed by atoms with Gasteiger partial charge in [0, 0.05) is 13.0 Å². The number of allylic oxidation sites excluding steroid dienone is 2. The molecule has 1 saturated carbocycles. The smallest absolute Gasteiger partial charge is 0.191 e. The first kappa shape index (κ1) is 16.0. The summed E-state index contributed by atoms with van der Waals surface area (Å²) in [6.07, 6.45) is 9.55. The summed E-state index contributed by atoms with van der Waals surface area (Å²) in [5, 5.41) is 0.296. The van der Waals surface area contributed by atoms with Crippen molar-refractivity contribution in [2.24, 2.45) is 11.3 Å². The van der Waals surface area contributed by atoms with Crippen LogP contribution in [-0.2, 0) is 9.22 Å². The summed E-state index contributed by atoms with van der Waals surface area (Å²) in [5.41, 5.74) is 0.221. The Hall–Kier alpha value is -0.413. The van der Waals surface area contributed by atoms with Crippen LogP contribution in [0.2, 0.25) is 18.1 Å². The molecular formula is C17H30O2Si. The molecule has 2 nitrogen and oxygen atoms in total. The normalized spacial score (nSPS) is 30.6. The molecule has 0 saturated heterocycles. The molecule has 0 unspecified atom stereocenters. The summed E-state index contributed by atoms with van der Waals surface area (Å²) < 4.78 is 6.28. The molecule has 0 aromatic rings. The zero-order valence-corrected chi connectivity index (χ0v) is 14.8. The van der Waals surface area contributed by atoms with Crippen molar-refractivity contribution in [1.82, 2.24) is 0 Å². The summed E-state index contributed by atoms with van der Waals surface area (Å²) in [4.78, 5) is 11.5. The van der Waals surface area contributed by atoms with Crippen LogP contribution in [-0.4, -0.2) is 20.7 Å². The number of ketones is 1. The molecule has 2 aliphatic carbocycles. The Labute approximate surface area is 125 Å². The fourth-order valence-electron chi connectivity index (χ4n) is 3.26. The average Bonchev–Trinajstić information content (AvgIpc) is 2.85. The second kappa shape index (κ2) is 5.41. The lowest BCUT2D eigenvalue weighted by atomic mass is 9.84. The number of carbonyl (C=O) groups is 1. The topological polar surface area (TPSA) is 26.3 Å². The maximum absolute atomic E-state index is 11.5. The number of carbonyl (C=O) groups excluding carboxylic acids is 1. The summed E-state index contributed by atoms with van der Waals surface area (Å²) in [6.45, 7) is 12.4. The highest BCUT2D eigenvalue weighted by Crippen LogP contribution is 2.49. The highest BCUT2D eigenvalue weighted by Gasteiger charge is 2.41. The minimum absolute atomic E-state index is 0.221. The average molecular weight is 295 g/mol. The fourth-order valence-corrected chi connectivity index (χ4v) is 4.32. The molecule has 1 fully saturated rings. The van der Waals surface area contributed by atoms with Gasteiger partial charge in [0.25, 0.3) is 0 Å². The van der Waals surface area contributed by atoms with Crippen LogP contribution in [0.5, 0.6) is 0 Å². The van der Waals surface area contributed by atoms with Crippen molar-refractivity contribution >= 4 is 14.1 Å². The predicted octanol–water partition coefficient (Wildman–Crippen LogP) is 4.71. The van der Waals surface area contributed by atoms with Crippen LogP contribution < -0.4 is 0 Å². The lowest BCUT2D eigenvalue weighted by Crippen LogP contribution is -2.41. The first-order valence-corrected chi connectivity index (χ1v) is 10.9. The van der Waals surface area contributed by atoms with E-state index in [9.17, 15) is 4.79 Å². The van der Waals surface area contributed by atoms with E-state index in [4.69, 9.17) is 4.43 Å². The maximum Gasteiger partial charge on any atom is 0.191 e. The van der Waals surface area contributed by atoms with E-state index in [1.54, 1.807) is 6.08 Å². The molecule has 114 valence electrons. The molecule has 1 spiro atoms. The van der Waals surface area contributed by atoms with Crippen LogP contribution in [0.4, 0.5) is 0 Å². The van der Waals surface area contributed by atoms with Crippen LogP contribution in [0.15, 0.2) is 12.2 Å². The lowest BCUT2D eigenvalue weighted by molar-refractivity contribution is -0.115. The van der Waals surface area contributed by atoms with E-state index in [-0.39, 0.29) is 5.41 Å². The molecule has 2 atom stereocenters. The molecule has 3 heteroatoms. The Morgan fingerprint density at radius 2 is 2.10 bits per heavy atom. The Morgan fingerprint density at radius 1 is 1.40 bits per heavy atom. The van der Waals surface area contributed by atoms with E-state index in [1.807, 2.05) is 0 Å². The summed E-state index contributed by atoms with van der Waals surface area (Å²) in [7, 11) is -1.60. The van der Waals surface area contributed by atoms with Gasteiger partial charge in [0.05, 0.1) is 0 Å². The SMILES string of the molecule is CC(C)(C)[Si](C)(C)OCC[C@@H]1CC[C@@]2(C=CC(=O)C2)C1. The second-order valence-electron chi connectivity index (χ2n) is 8.35. The lowest BCUT2D eigenvalue weighted by Gasteiger charge is -2.36. The number of rotatable bonds is 4. The minimum Gasteiger partial charge on any atom is -0.417 e. The number of hydrogen-bond donors (Lipinski definition) is 0. The molecule has 0 heterocycles. The van der Waals surface area contributed by atoms with Crippen molar-refractivity contribution < 1.29 is 9.22 Å². The Kier molecular flexibility index (Phi) is 4.32. The zero-order chi connectivity index (χ0) is 15.0. The van der Waals surface area contributed by atoms with Crippen LogP contribution in [0, 0.1) is 11.3 Å². The third-order valence-corrected chi connectivity index (χ3v) is 10.2. The van der Waals surface area contributed by atoms with Crippen molar-refractivity contribution in [2.45, 2.75) is 71.0 Å². The van der Waals surface area contributed by atoms with Gasteiger partial charge in [0.2, 0.25) is 0 Å². The van der Waals surface area contributed by atoms with E-state index >= 15 is 0 Å². The first-order chi connectivity index (χ1) is 9.14. The van der Waals surface area contributed by atoms with Crippen molar-refractivity contribution in [3.63, 3.8) is 0 Å². The molecule has 0 bridgehead atoms. The molecule has 0 aliphatic heterocycles. The summed E-state index contributed by atoms with van der Waals surface area (Å²) in [5.74, 6) is 1.07. The molecule has 0 amide bonds. The molecule has 0 aromatic heterocycles. The molecular weight excluding hydrogens is 264 g/mol. The number of hydrogen-bond acceptors (Lipinski definition) is 2. The van der Waals surface area contributed by atoms with Crippen LogP contribution in [0.1, 0.15) is 52.9 Å². The van der Waals surface area contributed by atoms with Crippen LogP contribution in [0.25, 0.3) is 0 Å². The van der Waals surface area contributed by atoms with Gasteiger partial charge in [-0.05, 0) is 61.2 Å². The Balaban J connectivity index is 1.77. The van der Waals surface area contributed by atoms with E-state index in [0.717, 1.165) is 25.4 Å². The second-order valence-corrected chi connectivity index (χ2v) is 13.2. The zero-order valence-electron chi connectivity index (χ0n) is 13.8. The molecule has 20 heavy (non-hydrogen) atoms. The van der Waals surface area contributed by atoms with Crippen molar-refractivity contribution in [3.05, 3.63) is 12.2 Å². The van der Waals surface area contributed by atoms with Crippen molar-refractivity contribution in [1.29, 1.82) is 0 Å². The summed E-state index contributed by atoms with van der Waals surface area (Å²) >= 11 is 0. The standard InChI is InChI=1S/C17H30O2Si/c1-16(2,3)20(4,5)19-11-8-14-6-9-17(12-14)10-7-15(18)13-17/h7,10,14H,6,8-9,11-13H2,1-5H3/t14-,17+/m0/s1. The van der Waals surface area contributed by atoms with Crippen LogP contribution in [0.3, 0.4) is 0 Å². The minimum atomic E-state index is -1.60. The third kappa shape index (κ3) is 3.42. The quantitative estimate of drug-likeness (QED) is 0.702. The van der Waals surface area contributed by atoms with Gasteiger partial charge in [-0.3, -0.25) is 4.79 Å². The van der Waals surface area contributed by atoms with Gasteiger partial charge in [-0.25, -0.2) is 0 Å². The highest BCUT2D eigenvalue weighted by atomic mass is 28.4. The third-order valence-electron chi connectivity index (χ3n) is 5.69. The van der Waals surface area contributed by atoms with Gasteiger partial charge < -0.3 is 4.43 Å². The first-order valence-electron chi connectivity index (χ1n) is 8.00. The molecule has 2 aliphatic rings. The molecule has 0 radical (unpaired) electrons. The van der Waals surface area contributed by atoms with Gasteiger partial charge in [-0.1, -0.05) is 26.8 Å². The van der Waals surface area contributed by atoms with E-state index < -0.39 is 8.32 Å². The van der Waals surface area contributed by atoms with Gasteiger partial charge in [-0.2, -0.15) is 0 Å². The largest absolute Gasteiger partial charge is 0.417 e. The van der Waals surface area contributed by atoms with Gasteiger partial charge in [-0.15, -0.1) is 0 Å². The predicted molar refractivity (Wildman–Crippen MR) is 86.3 cm³/mol. The molecule has 0 aromatic carbocycles. The molecule has 2 rings (SSSR count). The van der Waals surface area contributed by atoms with Crippen molar-refractivity contribution in [3.8, 4) is 0 Å². The van der Waals surface area contributed by atoms with E-state index in [0.29, 0.717) is 10.8 Å². The van der Waals surface area contributed by atoms with Gasteiger partial charge >= 0.3 is 0 Å². The Bertz CT molecular complexity index is 406. The monoisotopic (exact) mass is 294 g/mol. The fraction of sp³-hybridized carbons (Fsp3) is 0.824. The van der Waals surface area contributed by atoms with Gasteiger partial charge in [0.1, 0.15) is 0 Å². The summed E-state index contributed by atoms with van der Waals surface area (Å²) in [6, 6.07) is 0. The van der Waals surface area contributed by atoms with E-state index in [2.05, 4.69) is 39.9 Å². The van der Waals surface area contributed by atoms with Gasteiger partial charge in [0.15, 0.2) is 14.1 Å². The highest BCUT2D eigenvalue weighted by molar-refractivity contribution is 6.74. The maximum atomic E-state index is 11.5. The molecule has 0 N–H and O–H groups in total.